The fraction of sp³-hybridized carbons (Fsp3) is 0.472. The number of carbonyl (C=O) groups is 1. The fourth-order valence-electron chi connectivity index (χ4n) is 7.39. The number of anilines is 1. The molecule has 3 aromatic rings. The molecule has 0 aromatic heterocycles. The van der Waals surface area contributed by atoms with Crippen molar-refractivity contribution in [3.8, 4) is 16.9 Å². The van der Waals surface area contributed by atoms with Crippen molar-refractivity contribution in [1.82, 2.24) is 0 Å². The van der Waals surface area contributed by atoms with Gasteiger partial charge in [0.1, 0.15) is 18.5 Å². The maximum absolute atomic E-state index is 11.8. The predicted octanol–water partition coefficient (Wildman–Crippen LogP) is 7.56. The first-order valence-corrected chi connectivity index (χ1v) is 15.2. The number of hydrogen-bond donors (Lipinski definition) is 2. The van der Waals surface area contributed by atoms with Crippen LogP contribution < -0.4 is 10.1 Å². The van der Waals surface area contributed by atoms with E-state index in [2.05, 4.69) is 74.6 Å². The van der Waals surface area contributed by atoms with Crippen molar-refractivity contribution >= 4 is 11.7 Å². The minimum Gasteiger partial charge on any atom is -0.491 e. The highest BCUT2D eigenvalue weighted by molar-refractivity contribution is 5.76. The second kappa shape index (κ2) is 10.7. The lowest BCUT2D eigenvalue weighted by atomic mass is 9.80. The maximum Gasteiger partial charge on any atom is 0.306 e. The van der Waals surface area contributed by atoms with E-state index in [1.54, 1.807) is 0 Å². The Labute approximate surface area is 249 Å². The summed E-state index contributed by atoms with van der Waals surface area (Å²) in [5.74, 6) is -0.623. The first kappa shape index (κ1) is 28.8. The van der Waals surface area contributed by atoms with Crippen molar-refractivity contribution < 1.29 is 24.1 Å². The van der Waals surface area contributed by atoms with Gasteiger partial charge in [-0.3, -0.25) is 4.79 Å². The number of carboxylic acids is 1. The molecule has 1 aliphatic heterocycles. The topological polar surface area (TPSA) is 77.0 Å². The summed E-state index contributed by atoms with van der Waals surface area (Å²) in [6.45, 7) is 13.9. The molecule has 6 heteroatoms. The minimum absolute atomic E-state index is 0.0676. The third-order valence-electron chi connectivity index (χ3n) is 9.67. The van der Waals surface area contributed by atoms with Crippen LogP contribution in [0, 0.1) is 32.1 Å². The zero-order valence-corrected chi connectivity index (χ0v) is 25.7. The Morgan fingerprint density at radius 2 is 1.83 bits per heavy atom. The Kier molecular flexibility index (Phi) is 7.35. The number of ether oxygens (including phenoxy) is 3. The number of fused-ring (bicyclic) bond motifs is 1. The molecule has 3 aromatic carbocycles. The van der Waals surface area contributed by atoms with E-state index in [9.17, 15) is 9.90 Å². The molecule has 2 aliphatic carbocycles. The Balaban J connectivity index is 1.16. The second-order valence-corrected chi connectivity index (χ2v) is 13.2. The van der Waals surface area contributed by atoms with E-state index in [0.717, 1.165) is 37.2 Å². The van der Waals surface area contributed by atoms with Crippen LogP contribution in [-0.4, -0.2) is 36.2 Å². The van der Waals surface area contributed by atoms with Gasteiger partial charge in [0.25, 0.3) is 0 Å². The van der Waals surface area contributed by atoms with E-state index in [-0.39, 0.29) is 23.4 Å². The van der Waals surface area contributed by atoms with Crippen LogP contribution in [0.1, 0.15) is 72.9 Å². The standard InChI is InChI=1S/C36H43NO5/c1-21-14-28(40-19-29-20-41-35(5,6)42-29)15-22(2)32(21)30-9-7-8-25(23(30)3)18-37-27-10-11-31-26(16-27)17-36(12-13-36)33(31)24(4)34(38)39/h7-11,14-16,24,29,33,37H,12-13,17-20H2,1-6H3,(H,38,39)/t24?,29-,33?/m0/s1. The molecule has 3 atom stereocenters. The van der Waals surface area contributed by atoms with Gasteiger partial charge in [-0.05, 0) is 128 Å². The molecule has 42 heavy (non-hydrogen) atoms. The number of aryl methyl sites for hydroxylation is 2. The number of nitrogens with one attached hydrogen (secondary N) is 1. The molecule has 2 unspecified atom stereocenters. The van der Waals surface area contributed by atoms with E-state index in [0.29, 0.717) is 13.2 Å². The summed E-state index contributed by atoms with van der Waals surface area (Å²) >= 11 is 0. The number of rotatable bonds is 9. The third-order valence-corrected chi connectivity index (χ3v) is 9.67. The molecular formula is C36H43NO5. The van der Waals surface area contributed by atoms with Crippen molar-refractivity contribution in [2.75, 3.05) is 18.5 Å². The first-order valence-electron chi connectivity index (χ1n) is 15.2. The molecule has 2 N–H and O–H groups in total. The quantitative estimate of drug-likeness (QED) is 0.277. The molecule has 3 aliphatic rings. The highest BCUT2D eigenvalue weighted by Crippen LogP contribution is 2.65. The van der Waals surface area contributed by atoms with Gasteiger partial charge in [-0.1, -0.05) is 31.2 Å². The van der Waals surface area contributed by atoms with Crippen LogP contribution in [0.3, 0.4) is 0 Å². The van der Waals surface area contributed by atoms with Gasteiger partial charge in [0.05, 0.1) is 12.5 Å². The second-order valence-electron chi connectivity index (χ2n) is 13.2. The Morgan fingerprint density at radius 1 is 1.10 bits per heavy atom. The van der Waals surface area contributed by atoms with E-state index in [1.165, 1.54) is 44.5 Å². The van der Waals surface area contributed by atoms with Crippen molar-refractivity contribution in [3.63, 3.8) is 0 Å². The van der Waals surface area contributed by atoms with Crippen LogP contribution in [0.5, 0.6) is 5.75 Å². The molecule has 6 nitrogen and oxygen atoms in total. The zero-order valence-electron chi connectivity index (χ0n) is 25.7. The molecule has 0 bridgehead atoms. The largest absolute Gasteiger partial charge is 0.491 e. The summed E-state index contributed by atoms with van der Waals surface area (Å²) in [7, 11) is 0. The maximum atomic E-state index is 11.8. The third kappa shape index (κ3) is 5.43. The molecule has 0 radical (unpaired) electrons. The Morgan fingerprint density at radius 3 is 2.48 bits per heavy atom. The average molecular weight is 570 g/mol. The Hall–Kier alpha value is -3.35. The van der Waals surface area contributed by atoms with Crippen molar-refractivity contribution in [2.45, 2.75) is 85.2 Å². The van der Waals surface area contributed by atoms with Gasteiger partial charge in [-0.15, -0.1) is 0 Å². The van der Waals surface area contributed by atoms with E-state index < -0.39 is 11.8 Å². The van der Waals surface area contributed by atoms with Gasteiger partial charge in [0, 0.05) is 18.2 Å². The van der Waals surface area contributed by atoms with E-state index >= 15 is 0 Å². The average Bonchev–Trinajstić information content (AvgIpc) is 3.50. The fourth-order valence-corrected chi connectivity index (χ4v) is 7.39. The monoisotopic (exact) mass is 569 g/mol. The Bertz CT molecular complexity index is 1500. The van der Waals surface area contributed by atoms with Crippen LogP contribution in [-0.2, 0) is 27.2 Å². The molecular weight excluding hydrogens is 526 g/mol. The van der Waals surface area contributed by atoms with Crippen LogP contribution in [0.4, 0.5) is 5.69 Å². The molecule has 6 rings (SSSR count). The molecule has 1 spiro atoms. The van der Waals surface area contributed by atoms with Crippen molar-refractivity contribution in [2.24, 2.45) is 11.3 Å². The SMILES string of the molecule is Cc1cc(OC[C@H]2COC(C)(C)O2)cc(C)c1-c1cccc(CNc2ccc3c(c2)CC2(CC2)C3C(C)C(=O)O)c1C. The number of carboxylic acid groups (broad SMARTS) is 1. The molecule has 1 saturated carbocycles. The summed E-state index contributed by atoms with van der Waals surface area (Å²) in [6, 6.07) is 17.3. The van der Waals surface area contributed by atoms with Gasteiger partial charge in [-0.25, -0.2) is 0 Å². The molecule has 1 saturated heterocycles. The van der Waals surface area contributed by atoms with E-state index in [1.807, 2.05) is 20.8 Å². The molecule has 0 amide bonds. The number of aliphatic carboxylic acids is 1. The summed E-state index contributed by atoms with van der Waals surface area (Å²) in [4.78, 5) is 11.8. The van der Waals surface area contributed by atoms with Crippen LogP contribution in [0.2, 0.25) is 0 Å². The highest BCUT2D eigenvalue weighted by Gasteiger charge is 2.57. The summed E-state index contributed by atoms with van der Waals surface area (Å²) in [6.07, 6.45) is 3.19. The molecule has 1 heterocycles. The van der Waals surface area contributed by atoms with Gasteiger partial charge in [0.2, 0.25) is 0 Å². The predicted molar refractivity (Wildman–Crippen MR) is 165 cm³/mol. The molecule has 2 fully saturated rings. The molecule has 222 valence electrons. The lowest BCUT2D eigenvalue weighted by Crippen LogP contribution is -2.25. The van der Waals surface area contributed by atoms with Gasteiger partial charge >= 0.3 is 5.97 Å². The summed E-state index contributed by atoms with van der Waals surface area (Å²) < 4.78 is 17.7. The lowest BCUT2D eigenvalue weighted by molar-refractivity contribution is -0.142. The van der Waals surface area contributed by atoms with Crippen LogP contribution >= 0.6 is 0 Å². The summed E-state index contributed by atoms with van der Waals surface area (Å²) in [5.41, 5.74) is 11.2. The van der Waals surface area contributed by atoms with Gasteiger partial charge in [-0.2, -0.15) is 0 Å². The van der Waals surface area contributed by atoms with Crippen molar-refractivity contribution in [3.05, 3.63) is 81.9 Å². The lowest BCUT2D eigenvalue weighted by Gasteiger charge is -2.23. The normalized spacial score (nSPS) is 22.1. The highest BCUT2D eigenvalue weighted by atomic mass is 16.7. The smallest absolute Gasteiger partial charge is 0.306 e. The van der Waals surface area contributed by atoms with Crippen LogP contribution in [0.25, 0.3) is 11.1 Å². The number of hydrogen-bond acceptors (Lipinski definition) is 5. The van der Waals surface area contributed by atoms with Gasteiger partial charge < -0.3 is 24.6 Å². The minimum atomic E-state index is -0.692. The number of benzene rings is 3. The first-order chi connectivity index (χ1) is 20.0. The summed E-state index contributed by atoms with van der Waals surface area (Å²) in [5, 5.41) is 13.4. The van der Waals surface area contributed by atoms with Gasteiger partial charge in [0.15, 0.2) is 5.79 Å². The van der Waals surface area contributed by atoms with Crippen molar-refractivity contribution in [1.29, 1.82) is 0 Å². The van der Waals surface area contributed by atoms with E-state index in [4.69, 9.17) is 14.2 Å². The zero-order chi connectivity index (χ0) is 29.8. The van der Waals surface area contributed by atoms with Crippen LogP contribution in [0.15, 0.2) is 48.5 Å².